The molecule has 0 N–H and O–H groups in total. The first-order chi connectivity index (χ1) is 6.63. The van der Waals surface area contributed by atoms with Gasteiger partial charge >= 0.3 is 0 Å². The standard InChI is InChI=1S/C10H16BrClN2/c1-8(3-5-11)4-6-14-7-10(12)9(2)13-14/h7-8H,3-6H2,1-2H3. The number of hydrogen-bond acceptors (Lipinski definition) is 1. The fourth-order valence-corrected chi connectivity index (χ4v) is 2.22. The van der Waals surface area contributed by atoms with Crippen molar-refractivity contribution in [1.82, 2.24) is 9.78 Å². The van der Waals surface area contributed by atoms with Crippen molar-refractivity contribution < 1.29 is 0 Å². The molecule has 1 unspecified atom stereocenters. The first-order valence-electron chi connectivity index (χ1n) is 4.89. The van der Waals surface area contributed by atoms with Gasteiger partial charge in [0.1, 0.15) is 0 Å². The van der Waals surface area contributed by atoms with Crippen molar-refractivity contribution in [2.45, 2.75) is 33.2 Å². The lowest BCUT2D eigenvalue weighted by Crippen LogP contribution is -2.04. The largest absolute Gasteiger partial charge is 0.271 e. The highest BCUT2D eigenvalue weighted by Gasteiger charge is 2.04. The van der Waals surface area contributed by atoms with Gasteiger partial charge in [0.2, 0.25) is 0 Å². The van der Waals surface area contributed by atoms with E-state index in [-0.39, 0.29) is 0 Å². The second-order valence-corrected chi connectivity index (χ2v) is 4.90. The SMILES string of the molecule is Cc1nn(CCC(C)CCBr)cc1Cl. The Morgan fingerprint density at radius 2 is 2.29 bits per heavy atom. The number of nitrogens with zero attached hydrogens (tertiary/aromatic N) is 2. The Kier molecular flexibility index (Phi) is 4.96. The third-order valence-electron chi connectivity index (χ3n) is 2.34. The Morgan fingerprint density at radius 1 is 1.57 bits per heavy atom. The van der Waals surface area contributed by atoms with Crippen molar-refractivity contribution in [1.29, 1.82) is 0 Å². The lowest BCUT2D eigenvalue weighted by Gasteiger charge is -2.08. The number of halogens is 2. The van der Waals surface area contributed by atoms with Crippen molar-refractivity contribution in [2.75, 3.05) is 5.33 Å². The van der Waals surface area contributed by atoms with Crippen LogP contribution in [0.25, 0.3) is 0 Å². The van der Waals surface area contributed by atoms with Crippen LogP contribution in [-0.4, -0.2) is 15.1 Å². The van der Waals surface area contributed by atoms with E-state index in [1.54, 1.807) is 0 Å². The van der Waals surface area contributed by atoms with Crippen LogP contribution in [0.3, 0.4) is 0 Å². The van der Waals surface area contributed by atoms with Gasteiger partial charge in [0.15, 0.2) is 0 Å². The van der Waals surface area contributed by atoms with Gasteiger partial charge in [0, 0.05) is 18.1 Å². The molecule has 80 valence electrons. The molecule has 0 radical (unpaired) electrons. The molecule has 0 bridgehead atoms. The van der Waals surface area contributed by atoms with E-state index in [1.165, 1.54) is 6.42 Å². The summed E-state index contributed by atoms with van der Waals surface area (Å²) in [5.41, 5.74) is 0.916. The molecule has 0 fully saturated rings. The van der Waals surface area contributed by atoms with E-state index in [4.69, 9.17) is 11.6 Å². The lowest BCUT2D eigenvalue weighted by molar-refractivity contribution is 0.451. The topological polar surface area (TPSA) is 17.8 Å². The molecule has 0 amide bonds. The van der Waals surface area contributed by atoms with Crippen LogP contribution in [0.2, 0.25) is 5.02 Å². The summed E-state index contributed by atoms with van der Waals surface area (Å²) in [6.45, 7) is 5.15. The van der Waals surface area contributed by atoms with Crippen LogP contribution in [0.1, 0.15) is 25.5 Å². The molecule has 1 aromatic rings. The van der Waals surface area contributed by atoms with Gasteiger partial charge in [0.05, 0.1) is 10.7 Å². The molecule has 0 saturated carbocycles. The molecule has 0 aromatic carbocycles. The zero-order valence-electron chi connectivity index (χ0n) is 8.63. The monoisotopic (exact) mass is 278 g/mol. The maximum Gasteiger partial charge on any atom is 0.0814 e. The average Bonchev–Trinajstić information content (AvgIpc) is 2.44. The van der Waals surface area contributed by atoms with Gasteiger partial charge < -0.3 is 0 Å². The highest BCUT2D eigenvalue weighted by atomic mass is 79.9. The minimum absolute atomic E-state index is 0.734. The zero-order valence-corrected chi connectivity index (χ0v) is 11.0. The average molecular weight is 280 g/mol. The predicted octanol–water partition coefficient (Wildman–Crippen LogP) is 3.66. The molecule has 0 aliphatic heterocycles. The van der Waals surface area contributed by atoms with Crippen LogP contribution < -0.4 is 0 Å². The van der Waals surface area contributed by atoms with Crippen LogP contribution in [0.4, 0.5) is 0 Å². The van der Waals surface area contributed by atoms with Crippen LogP contribution >= 0.6 is 27.5 Å². The highest BCUT2D eigenvalue weighted by molar-refractivity contribution is 9.09. The molecular formula is C10H16BrClN2. The van der Waals surface area contributed by atoms with Crippen molar-refractivity contribution in [3.05, 3.63) is 16.9 Å². The quantitative estimate of drug-likeness (QED) is 0.752. The summed E-state index contributed by atoms with van der Waals surface area (Å²) in [5.74, 6) is 0.734. The molecule has 2 nitrogen and oxygen atoms in total. The molecule has 0 spiro atoms. The van der Waals surface area contributed by atoms with E-state index in [2.05, 4.69) is 28.0 Å². The lowest BCUT2D eigenvalue weighted by atomic mass is 10.1. The van der Waals surface area contributed by atoms with Crippen molar-refractivity contribution in [3.8, 4) is 0 Å². The Bertz CT molecular complexity index is 266. The van der Waals surface area contributed by atoms with Gasteiger partial charge in [-0.3, -0.25) is 4.68 Å². The fourth-order valence-electron chi connectivity index (χ4n) is 1.29. The van der Waals surface area contributed by atoms with Crippen LogP contribution in [0, 0.1) is 12.8 Å². The molecule has 1 heterocycles. The summed E-state index contributed by atoms with van der Waals surface area (Å²) < 4.78 is 1.93. The maximum absolute atomic E-state index is 5.92. The Hall–Kier alpha value is -0.0200. The van der Waals surface area contributed by atoms with Gasteiger partial charge in [-0.25, -0.2) is 0 Å². The Labute approximate surface area is 98.8 Å². The van der Waals surface area contributed by atoms with E-state index >= 15 is 0 Å². The third-order valence-corrected chi connectivity index (χ3v) is 3.17. The summed E-state index contributed by atoms with van der Waals surface area (Å²) >= 11 is 9.36. The van der Waals surface area contributed by atoms with E-state index < -0.39 is 0 Å². The first kappa shape index (κ1) is 12.1. The first-order valence-corrected chi connectivity index (χ1v) is 6.39. The molecule has 0 aliphatic carbocycles. The summed E-state index contributed by atoms with van der Waals surface area (Å²) in [4.78, 5) is 0. The minimum Gasteiger partial charge on any atom is -0.271 e. The predicted molar refractivity (Wildman–Crippen MR) is 64.2 cm³/mol. The number of aryl methyl sites for hydroxylation is 2. The van der Waals surface area contributed by atoms with Crippen molar-refractivity contribution in [2.24, 2.45) is 5.92 Å². The van der Waals surface area contributed by atoms with Crippen LogP contribution in [0.15, 0.2) is 6.20 Å². The van der Waals surface area contributed by atoms with E-state index in [1.807, 2.05) is 17.8 Å². The molecule has 4 heteroatoms. The zero-order chi connectivity index (χ0) is 10.6. The Morgan fingerprint density at radius 3 is 2.79 bits per heavy atom. The number of alkyl halides is 1. The number of hydrogen-bond donors (Lipinski definition) is 0. The highest BCUT2D eigenvalue weighted by Crippen LogP contribution is 2.14. The van der Waals surface area contributed by atoms with Gasteiger partial charge in [-0.2, -0.15) is 5.10 Å². The van der Waals surface area contributed by atoms with Crippen molar-refractivity contribution >= 4 is 27.5 Å². The summed E-state index contributed by atoms with van der Waals surface area (Å²) in [7, 11) is 0. The van der Waals surface area contributed by atoms with Gasteiger partial charge in [-0.1, -0.05) is 34.5 Å². The third kappa shape index (κ3) is 3.62. The smallest absolute Gasteiger partial charge is 0.0814 e. The fraction of sp³-hybridized carbons (Fsp3) is 0.700. The number of aromatic nitrogens is 2. The van der Waals surface area contributed by atoms with Gasteiger partial charge in [-0.15, -0.1) is 0 Å². The van der Waals surface area contributed by atoms with Crippen LogP contribution in [-0.2, 0) is 6.54 Å². The second-order valence-electron chi connectivity index (χ2n) is 3.70. The van der Waals surface area contributed by atoms with Gasteiger partial charge in [0.25, 0.3) is 0 Å². The van der Waals surface area contributed by atoms with E-state index in [0.717, 1.165) is 34.9 Å². The van der Waals surface area contributed by atoms with E-state index in [0.29, 0.717) is 0 Å². The van der Waals surface area contributed by atoms with Gasteiger partial charge in [-0.05, 0) is 25.7 Å². The van der Waals surface area contributed by atoms with Crippen LogP contribution in [0.5, 0.6) is 0 Å². The Balaban J connectivity index is 2.38. The minimum atomic E-state index is 0.734. The number of rotatable bonds is 5. The maximum atomic E-state index is 5.92. The second kappa shape index (κ2) is 5.76. The summed E-state index contributed by atoms with van der Waals surface area (Å²) in [6.07, 6.45) is 4.27. The molecule has 14 heavy (non-hydrogen) atoms. The molecule has 0 saturated heterocycles. The summed E-state index contributed by atoms with van der Waals surface area (Å²) in [5, 5.41) is 6.15. The molecule has 1 atom stereocenters. The van der Waals surface area contributed by atoms with E-state index in [9.17, 15) is 0 Å². The molecule has 0 aliphatic rings. The van der Waals surface area contributed by atoms with Crippen molar-refractivity contribution in [3.63, 3.8) is 0 Å². The molecule has 1 aromatic heterocycles. The molecule has 1 rings (SSSR count). The normalized spacial score (nSPS) is 13.1. The molecular weight excluding hydrogens is 263 g/mol. The summed E-state index contributed by atoms with van der Waals surface area (Å²) in [6, 6.07) is 0.